The molecule has 7 nitrogen and oxygen atoms in total. The van der Waals surface area contributed by atoms with Crippen LogP contribution >= 0.6 is 0 Å². The molecule has 0 saturated carbocycles. The molecule has 0 bridgehead atoms. The number of hydrogen-bond acceptors (Lipinski definition) is 4. The summed E-state index contributed by atoms with van der Waals surface area (Å²) in [5.74, 6) is 0. The van der Waals surface area contributed by atoms with E-state index < -0.39 is 0 Å². The van der Waals surface area contributed by atoms with Crippen LogP contribution in [0.5, 0.6) is 0 Å². The topological polar surface area (TPSA) is 87.1 Å². The maximum Gasteiger partial charge on any atom is 0.148 e. The van der Waals surface area contributed by atoms with Crippen molar-refractivity contribution >= 4 is 77.0 Å². The first-order valence-electron chi connectivity index (χ1n) is 15.3. The average Bonchev–Trinajstić information content (AvgIpc) is 3.79. The van der Waals surface area contributed by atoms with Gasteiger partial charge in [-0.25, -0.2) is 9.97 Å². The fourth-order valence-corrected chi connectivity index (χ4v) is 7.31. The van der Waals surface area contributed by atoms with E-state index in [-0.39, 0.29) is 0 Å². The van der Waals surface area contributed by atoms with Crippen LogP contribution in [-0.2, 0) is 0 Å². The number of hydrogen-bond donors (Lipinski definition) is 0. The maximum atomic E-state index is 9.79. The van der Waals surface area contributed by atoms with Crippen molar-refractivity contribution in [1.82, 2.24) is 23.3 Å². The van der Waals surface area contributed by atoms with Crippen LogP contribution in [0.25, 0.3) is 82.7 Å². The zero-order valence-corrected chi connectivity index (χ0v) is 24.8. The molecular weight excluding hydrogens is 578 g/mol. The lowest BCUT2D eigenvalue weighted by atomic mass is 10.1. The molecule has 0 spiro atoms. The molecule has 0 amide bonds. The second-order valence-electron chi connectivity index (χ2n) is 11.7. The summed E-state index contributed by atoms with van der Waals surface area (Å²) in [6.45, 7) is 0. The zero-order valence-electron chi connectivity index (χ0n) is 24.8. The van der Waals surface area contributed by atoms with Gasteiger partial charge in [0.2, 0.25) is 0 Å². The van der Waals surface area contributed by atoms with Crippen molar-refractivity contribution in [2.24, 2.45) is 0 Å². The van der Waals surface area contributed by atoms with Crippen LogP contribution in [-0.4, -0.2) is 23.3 Å². The highest BCUT2D eigenvalue weighted by atomic mass is 15.1. The number of imidazole rings is 2. The standard InChI is InChI=1S/C40H21N7/c41-22-24-15-17-34-29(20-24)43-39-28-11-5-7-13-32(28)46-33-16-14-25(23-42)21-30(33)44-40(46)38-36(47(34)39)19-18-35-37(38)27-10-4-6-12-31(27)45(35)26-8-2-1-3-9-26/h1-21H. The summed E-state index contributed by atoms with van der Waals surface area (Å²) in [6.07, 6.45) is 0. The number of nitrogens with zero attached hydrogens (tertiary/aromatic N) is 7. The average molecular weight is 600 g/mol. The van der Waals surface area contributed by atoms with Crippen LogP contribution in [0.4, 0.5) is 0 Å². The SMILES string of the molecule is N#Cc1ccc2c(c1)nc1c3ccccc3n3c4ccc(C#N)cc4nc3c3c4c5ccccc5n(-c5ccccc5)c4ccc3n21. The molecule has 6 aromatic carbocycles. The third-order valence-corrected chi connectivity index (χ3v) is 9.25. The fourth-order valence-electron chi connectivity index (χ4n) is 7.31. The van der Waals surface area contributed by atoms with Gasteiger partial charge < -0.3 is 4.57 Å². The molecule has 0 N–H and O–H groups in total. The minimum atomic E-state index is 0.559. The summed E-state index contributed by atoms with van der Waals surface area (Å²) in [5.41, 5.74) is 11.0. The molecule has 0 atom stereocenters. The summed E-state index contributed by atoms with van der Waals surface area (Å²) >= 11 is 0. The largest absolute Gasteiger partial charge is 0.309 e. The third kappa shape index (κ3) is 3.37. The quantitative estimate of drug-likeness (QED) is 0.188. The summed E-state index contributed by atoms with van der Waals surface area (Å²) < 4.78 is 6.73. The van der Waals surface area contributed by atoms with Crippen LogP contribution < -0.4 is 0 Å². The zero-order chi connectivity index (χ0) is 31.2. The van der Waals surface area contributed by atoms with Gasteiger partial charge in [-0.2, -0.15) is 10.5 Å². The molecule has 0 fully saturated rings. The molecule has 7 heteroatoms. The molecule has 0 saturated heterocycles. The van der Waals surface area contributed by atoms with E-state index in [0.717, 1.165) is 82.7 Å². The van der Waals surface area contributed by atoms with Crippen LogP contribution in [0.2, 0.25) is 0 Å². The van der Waals surface area contributed by atoms with Gasteiger partial charge in [-0.1, -0.05) is 48.5 Å². The number of fused-ring (bicyclic) bond motifs is 16. The van der Waals surface area contributed by atoms with Crippen molar-refractivity contribution in [2.75, 3.05) is 0 Å². The smallest absolute Gasteiger partial charge is 0.148 e. The summed E-state index contributed by atoms with van der Waals surface area (Å²) in [7, 11) is 0. The van der Waals surface area contributed by atoms with E-state index in [1.54, 1.807) is 0 Å². The summed E-state index contributed by atoms with van der Waals surface area (Å²) in [6, 6.07) is 47.4. The summed E-state index contributed by atoms with van der Waals surface area (Å²) in [5, 5.41) is 23.6. The number of rotatable bonds is 1. The molecular formula is C40H21N7. The number of para-hydroxylation sites is 3. The van der Waals surface area contributed by atoms with Gasteiger partial charge in [-0.15, -0.1) is 0 Å². The Balaban J connectivity index is 1.60. The van der Waals surface area contributed by atoms with Crippen molar-refractivity contribution in [3.8, 4) is 17.8 Å². The van der Waals surface area contributed by atoms with Crippen molar-refractivity contribution < 1.29 is 0 Å². The van der Waals surface area contributed by atoms with Gasteiger partial charge in [0.05, 0.1) is 72.8 Å². The Kier molecular flexibility index (Phi) is 5.01. The van der Waals surface area contributed by atoms with E-state index in [0.29, 0.717) is 11.1 Å². The van der Waals surface area contributed by atoms with Crippen LogP contribution in [0.3, 0.4) is 0 Å². The first-order valence-corrected chi connectivity index (χ1v) is 15.3. The Morgan fingerprint density at radius 1 is 0.447 bits per heavy atom. The van der Waals surface area contributed by atoms with Gasteiger partial charge in [0.1, 0.15) is 11.3 Å². The Hall–Kier alpha value is -6.96. The van der Waals surface area contributed by atoms with E-state index in [9.17, 15) is 10.5 Å². The van der Waals surface area contributed by atoms with Crippen molar-refractivity contribution in [3.05, 3.63) is 139 Å². The normalized spacial score (nSPS) is 11.8. The highest BCUT2D eigenvalue weighted by molar-refractivity contribution is 6.25. The van der Waals surface area contributed by atoms with Gasteiger partial charge in [-0.3, -0.25) is 8.80 Å². The van der Waals surface area contributed by atoms with Gasteiger partial charge in [0.15, 0.2) is 0 Å². The maximum absolute atomic E-state index is 9.79. The Morgan fingerprint density at radius 2 is 1.00 bits per heavy atom. The molecule has 10 aromatic rings. The molecule has 0 aliphatic rings. The Morgan fingerprint density at radius 3 is 1.70 bits per heavy atom. The van der Waals surface area contributed by atoms with Gasteiger partial charge in [-0.05, 0) is 78.9 Å². The highest BCUT2D eigenvalue weighted by Crippen LogP contribution is 2.40. The lowest BCUT2D eigenvalue weighted by Crippen LogP contribution is -1.96. The first-order chi connectivity index (χ1) is 23.2. The van der Waals surface area contributed by atoms with Crippen LogP contribution in [0.1, 0.15) is 11.1 Å². The minimum Gasteiger partial charge on any atom is -0.309 e. The molecule has 0 aliphatic carbocycles. The second-order valence-corrected chi connectivity index (χ2v) is 11.7. The van der Waals surface area contributed by atoms with E-state index in [1.165, 1.54) is 0 Å². The predicted molar refractivity (Wildman–Crippen MR) is 187 cm³/mol. The predicted octanol–water partition coefficient (Wildman–Crippen LogP) is 9.00. The van der Waals surface area contributed by atoms with Crippen molar-refractivity contribution in [2.45, 2.75) is 0 Å². The van der Waals surface area contributed by atoms with Crippen LogP contribution in [0, 0.1) is 22.7 Å². The molecule has 10 rings (SSSR count). The lowest BCUT2D eigenvalue weighted by Gasteiger charge is -2.10. The number of aromatic nitrogens is 5. The number of nitriles is 2. The molecule has 4 heterocycles. The minimum absolute atomic E-state index is 0.559. The first kappa shape index (κ1) is 25.4. The molecule has 0 unspecified atom stereocenters. The van der Waals surface area contributed by atoms with E-state index >= 15 is 0 Å². The van der Waals surface area contributed by atoms with E-state index in [4.69, 9.17) is 9.97 Å². The van der Waals surface area contributed by atoms with Gasteiger partial charge in [0, 0.05) is 21.8 Å². The highest BCUT2D eigenvalue weighted by Gasteiger charge is 2.21. The van der Waals surface area contributed by atoms with E-state index in [1.807, 2.05) is 54.6 Å². The fraction of sp³-hybridized carbons (Fsp3) is 0. The number of benzene rings is 6. The molecule has 0 radical (unpaired) electrons. The van der Waals surface area contributed by atoms with Crippen LogP contribution in [0.15, 0.2) is 127 Å². The van der Waals surface area contributed by atoms with Crippen molar-refractivity contribution in [3.63, 3.8) is 0 Å². The molecule has 0 aliphatic heterocycles. The molecule has 4 aromatic heterocycles. The van der Waals surface area contributed by atoms with Crippen molar-refractivity contribution in [1.29, 1.82) is 10.5 Å². The lowest BCUT2D eigenvalue weighted by molar-refractivity contribution is 1.18. The Bertz CT molecular complexity index is 3080. The molecule has 47 heavy (non-hydrogen) atoms. The third-order valence-electron chi connectivity index (χ3n) is 9.25. The Labute approximate surface area is 266 Å². The van der Waals surface area contributed by atoms with Gasteiger partial charge >= 0.3 is 0 Å². The monoisotopic (exact) mass is 599 g/mol. The second kappa shape index (κ2) is 9.28. The summed E-state index contributed by atoms with van der Waals surface area (Å²) in [4.78, 5) is 10.5. The van der Waals surface area contributed by atoms with E-state index in [2.05, 4.69) is 98.3 Å². The molecule has 216 valence electrons. The van der Waals surface area contributed by atoms with Gasteiger partial charge in [0.25, 0.3) is 0 Å².